The van der Waals surface area contributed by atoms with E-state index in [0.717, 1.165) is 25.7 Å². The molecular weight excluding hydrogens is 480 g/mol. The molecule has 3 aromatic heterocycles. The molecule has 2 fully saturated rings. The molecule has 37 heavy (non-hydrogen) atoms. The number of fused-ring (bicyclic) bond motifs is 1. The lowest BCUT2D eigenvalue weighted by Crippen LogP contribution is -2.31. The van der Waals surface area contributed by atoms with E-state index in [1.54, 1.807) is 4.57 Å². The zero-order valence-corrected chi connectivity index (χ0v) is 21.6. The standard InChI is InChI=1S/C24H36N8O5/c1-5-13(6-2)26-19-15-20(29-24(28-19)27-14(9-33)11(3)4)32(10-25-15)23-17(35)16(34)18(36-23)22-31-30-21(37-22)12-7-8-12/h10-14,16-18,23,33-35H,5-9H2,1-4H3,(H2,26,27,28,29)/t14-,16+,17-,18+,23-/m1/s1. The van der Waals surface area contributed by atoms with Crippen LogP contribution in [0.5, 0.6) is 0 Å². The number of nitrogens with one attached hydrogen (secondary N) is 2. The molecule has 0 bridgehead atoms. The van der Waals surface area contributed by atoms with Crippen molar-refractivity contribution in [2.24, 2.45) is 5.92 Å². The Morgan fingerprint density at radius 3 is 2.43 bits per heavy atom. The highest BCUT2D eigenvalue weighted by Crippen LogP contribution is 2.43. The summed E-state index contributed by atoms with van der Waals surface area (Å²) in [7, 11) is 0. The quantitative estimate of drug-likeness (QED) is 0.251. The Balaban J connectivity index is 1.50. The summed E-state index contributed by atoms with van der Waals surface area (Å²) in [5.41, 5.74) is 0.914. The van der Waals surface area contributed by atoms with Gasteiger partial charge in [-0.3, -0.25) is 4.57 Å². The van der Waals surface area contributed by atoms with Crippen LogP contribution in [0.3, 0.4) is 0 Å². The molecule has 0 unspecified atom stereocenters. The largest absolute Gasteiger partial charge is 0.422 e. The van der Waals surface area contributed by atoms with Crippen LogP contribution in [-0.4, -0.2) is 75.9 Å². The van der Waals surface area contributed by atoms with E-state index < -0.39 is 24.5 Å². The van der Waals surface area contributed by atoms with Crippen LogP contribution in [-0.2, 0) is 4.74 Å². The normalized spacial score (nSPS) is 24.9. The Hall–Kier alpha value is -2.87. The lowest BCUT2D eigenvalue weighted by molar-refractivity contribution is -0.0439. The van der Waals surface area contributed by atoms with Gasteiger partial charge < -0.3 is 35.1 Å². The van der Waals surface area contributed by atoms with Crippen molar-refractivity contribution in [2.75, 3.05) is 17.2 Å². The van der Waals surface area contributed by atoms with E-state index in [0.29, 0.717) is 28.8 Å². The fourth-order valence-electron chi connectivity index (χ4n) is 4.49. The van der Waals surface area contributed by atoms with Crippen molar-refractivity contribution in [3.05, 3.63) is 18.1 Å². The molecule has 1 aliphatic carbocycles. The van der Waals surface area contributed by atoms with E-state index in [-0.39, 0.29) is 36.4 Å². The third-order valence-corrected chi connectivity index (χ3v) is 7.20. The fourth-order valence-corrected chi connectivity index (χ4v) is 4.49. The molecule has 5 rings (SSSR count). The first-order valence-electron chi connectivity index (χ1n) is 13.1. The van der Waals surface area contributed by atoms with E-state index in [9.17, 15) is 15.3 Å². The van der Waals surface area contributed by atoms with Crippen molar-refractivity contribution >= 4 is 22.9 Å². The molecule has 5 N–H and O–H groups in total. The summed E-state index contributed by atoms with van der Waals surface area (Å²) < 4.78 is 13.4. The Morgan fingerprint density at radius 2 is 1.78 bits per heavy atom. The van der Waals surface area contributed by atoms with E-state index in [2.05, 4.69) is 49.6 Å². The summed E-state index contributed by atoms with van der Waals surface area (Å²) in [5, 5.41) is 46.4. The molecular formula is C24H36N8O5. The minimum Gasteiger partial charge on any atom is -0.422 e. The van der Waals surface area contributed by atoms with Crippen LogP contribution in [0.4, 0.5) is 11.8 Å². The number of anilines is 2. The Kier molecular flexibility index (Phi) is 7.30. The number of rotatable bonds is 11. The number of nitrogens with zero attached hydrogens (tertiary/aromatic N) is 6. The van der Waals surface area contributed by atoms with Gasteiger partial charge in [-0.05, 0) is 31.6 Å². The van der Waals surface area contributed by atoms with Crippen LogP contribution in [0, 0.1) is 5.92 Å². The predicted molar refractivity (Wildman–Crippen MR) is 134 cm³/mol. The zero-order chi connectivity index (χ0) is 26.3. The van der Waals surface area contributed by atoms with Crippen LogP contribution in [0.2, 0.25) is 0 Å². The van der Waals surface area contributed by atoms with Gasteiger partial charge in [-0.15, -0.1) is 10.2 Å². The molecule has 0 aromatic carbocycles. The van der Waals surface area contributed by atoms with Gasteiger partial charge in [0.1, 0.15) is 12.2 Å². The summed E-state index contributed by atoms with van der Waals surface area (Å²) in [5.74, 6) is 1.91. The van der Waals surface area contributed by atoms with E-state index in [1.807, 2.05) is 13.8 Å². The molecule has 1 aliphatic heterocycles. The number of imidazole rings is 1. The molecule has 0 radical (unpaired) electrons. The van der Waals surface area contributed by atoms with Crippen molar-refractivity contribution in [3.8, 4) is 0 Å². The minimum atomic E-state index is -1.29. The fraction of sp³-hybridized carbons (Fsp3) is 0.708. The zero-order valence-electron chi connectivity index (χ0n) is 21.6. The third-order valence-electron chi connectivity index (χ3n) is 7.20. The Labute approximate surface area is 214 Å². The van der Waals surface area contributed by atoms with Crippen molar-refractivity contribution in [1.29, 1.82) is 0 Å². The maximum absolute atomic E-state index is 10.9. The van der Waals surface area contributed by atoms with Gasteiger partial charge in [0, 0.05) is 12.0 Å². The molecule has 0 spiro atoms. The number of hydrogen-bond acceptors (Lipinski definition) is 12. The van der Waals surface area contributed by atoms with Crippen molar-refractivity contribution < 1.29 is 24.5 Å². The SMILES string of the molecule is CCC(CC)Nc1nc(N[C@H](CO)C(C)C)nc2c1ncn2[C@@H]1O[C@H](c2nnc(C3CC3)o2)[C@@H](O)[C@H]1O. The molecule has 1 saturated carbocycles. The van der Waals surface area contributed by atoms with Crippen LogP contribution in [0.25, 0.3) is 11.2 Å². The third kappa shape index (κ3) is 5.00. The van der Waals surface area contributed by atoms with Crippen LogP contribution in [0.1, 0.15) is 83.4 Å². The first-order valence-corrected chi connectivity index (χ1v) is 13.1. The molecule has 13 heteroatoms. The highest BCUT2D eigenvalue weighted by molar-refractivity contribution is 5.84. The van der Waals surface area contributed by atoms with E-state index >= 15 is 0 Å². The van der Waals surface area contributed by atoms with Gasteiger partial charge in [0.2, 0.25) is 17.7 Å². The molecule has 202 valence electrons. The molecule has 5 atom stereocenters. The lowest BCUT2D eigenvalue weighted by atomic mass is 10.1. The number of aliphatic hydroxyl groups excluding tert-OH is 3. The van der Waals surface area contributed by atoms with E-state index in [4.69, 9.17) is 9.15 Å². The van der Waals surface area contributed by atoms with Crippen molar-refractivity contribution in [1.82, 2.24) is 29.7 Å². The second kappa shape index (κ2) is 10.5. The second-order valence-electron chi connectivity index (χ2n) is 10.2. The predicted octanol–water partition coefficient (Wildman–Crippen LogP) is 2.11. The number of hydrogen-bond donors (Lipinski definition) is 5. The minimum absolute atomic E-state index is 0.0843. The molecule has 1 saturated heterocycles. The van der Waals surface area contributed by atoms with Gasteiger partial charge >= 0.3 is 0 Å². The van der Waals surface area contributed by atoms with E-state index in [1.165, 1.54) is 6.33 Å². The van der Waals surface area contributed by atoms with Crippen molar-refractivity contribution in [3.63, 3.8) is 0 Å². The number of aromatic nitrogens is 6. The van der Waals surface area contributed by atoms with Crippen LogP contribution < -0.4 is 10.6 Å². The van der Waals surface area contributed by atoms with Gasteiger partial charge in [0.15, 0.2) is 29.3 Å². The van der Waals surface area contributed by atoms with Gasteiger partial charge in [0.05, 0.1) is 19.0 Å². The lowest BCUT2D eigenvalue weighted by Gasteiger charge is -2.22. The topological polar surface area (TPSA) is 176 Å². The molecule has 3 aromatic rings. The Morgan fingerprint density at radius 1 is 1.05 bits per heavy atom. The van der Waals surface area contributed by atoms with Crippen LogP contribution in [0.15, 0.2) is 10.7 Å². The molecule has 0 amide bonds. The first-order chi connectivity index (χ1) is 17.8. The maximum atomic E-state index is 10.9. The second-order valence-corrected chi connectivity index (χ2v) is 10.2. The Bertz CT molecular complexity index is 1210. The highest BCUT2D eigenvalue weighted by atomic mass is 16.6. The van der Waals surface area contributed by atoms with Gasteiger partial charge in [-0.1, -0.05) is 27.7 Å². The molecule has 13 nitrogen and oxygen atoms in total. The van der Waals surface area contributed by atoms with Crippen molar-refractivity contribution in [2.45, 2.75) is 95.9 Å². The molecule has 2 aliphatic rings. The summed E-state index contributed by atoms with van der Waals surface area (Å²) in [4.78, 5) is 13.9. The summed E-state index contributed by atoms with van der Waals surface area (Å²) in [6.45, 7) is 8.09. The van der Waals surface area contributed by atoms with Gasteiger partial charge in [-0.25, -0.2) is 4.98 Å². The monoisotopic (exact) mass is 516 g/mol. The summed E-state index contributed by atoms with van der Waals surface area (Å²) in [6, 6.07) is -0.0833. The van der Waals surface area contributed by atoms with Crippen LogP contribution >= 0.6 is 0 Å². The van der Waals surface area contributed by atoms with Gasteiger partial charge in [-0.2, -0.15) is 9.97 Å². The number of aliphatic hydroxyl groups is 3. The summed E-state index contributed by atoms with van der Waals surface area (Å²) in [6.07, 6.45) is 0.739. The van der Waals surface area contributed by atoms with Gasteiger partial charge in [0.25, 0.3) is 0 Å². The first kappa shape index (κ1) is 25.8. The average Bonchev–Trinajstić information content (AvgIpc) is 3.35. The maximum Gasteiger partial charge on any atom is 0.248 e. The molecule has 4 heterocycles. The average molecular weight is 517 g/mol. The highest BCUT2D eigenvalue weighted by Gasteiger charge is 2.48. The number of ether oxygens (including phenoxy) is 1. The summed E-state index contributed by atoms with van der Waals surface area (Å²) >= 11 is 0. The smallest absolute Gasteiger partial charge is 0.248 e.